The van der Waals surface area contributed by atoms with Crippen LogP contribution in [0.3, 0.4) is 0 Å². The fourth-order valence-corrected chi connectivity index (χ4v) is 6.03. The number of aromatic nitrogens is 1. The first kappa shape index (κ1) is 21.9. The molecule has 0 bridgehead atoms. The molecule has 1 aromatic carbocycles. The Balaban J connectivity index is 1.69. The summed E-state index contributed by atoms with van der Waals surface area (Å²) in [4.78, 5) is 30.4. The normalized spacial score (nSPS) is 13.4. The standard InChI is InChI=1S/C22H27N5O2S2/c1-12(2)24-10-8-18(29)26-21-19(14-7-9-23-11-17(14)31-21)22-27-20-15(25-13(3)28)5-4-6-16(20)30-22/h4-6,12,23-24H,7-11H2,1-3H3,(H,25,28)(H,26,29). The Bertz CT molecular complexity index is 1120. The molecule has 1 aliphatic heterocycles. The number of para-hydroxylation sites is 1. The second-order valence-electron chi connectivity index (χ2n) is 7.89. The first-order chi connectivity index (χ1) is 14.9. The van der Waals surface area contributed by atoms with E-state index < -0.39 is 0 Å². The molecule has 3 heterocycles. The van der Waals surface area contributed by atoms with Gasteiger partial charge in [-0.15, -0.1) is 22.7 Å². The van der Waals surface area contributed by atoms with E-state index in [0.717, 1.165) is 45.3 Å². The second kappa shape index (κ2) is 9.44. The Morgan fingerprint density at radius 1 is 1.23 bits per heavy atom. The third kappa shape index (κ3) is 4.95. The molecule has 3 aromatic rings. The number of nitrogens with one attached hydrogen (secondary N) is 4. The SMILES string of the molecule is CC(=O)Nc1cccc2sc(-c3c(NC(=O)CCNC(C)C)sc4c3CCNC4)nc12. The summed E-state index contributed by atoms with van der Waals surface area (Å²) in [6.45, 7) is 7.99. The van der Waals surface area contributed by atoms with Crippen LogP contribution in [0.25, 0.3) is 20.8 Å². The molecule has 4 N–H and O–H groups in total. The Morgan fingerprint density at radius 3 is 2.84 bits per heavy atom. The van der Waals surface area contributed by atoms with E-state index in [0.29, 0.717) is 24.7 Å². The predicted molar refractivity (Wildman–Crippen MR) is 129 cm³/mol. The highest BCUT2D eigenvalue weighted by atomic mass is 32.1. The van der Waals surface area contributed by atoms with Crippen LogP contribution in [0.1, 0.15) is 37.6 Å². The number of carbonyl (C=O) groups is 2. The number of hydrogen-bond acceptors (Lipinski definition) is 7. The number of thiazole rings is 1. The highest BCUT2D eigenvalue weighted by molar-refractivity contribution is 7.23. The van der Waals surface area contributed by atoms with E-state index in [9.17, 15) is 9.59 Å². The highest BCUT2D eigenvalue weighted by Gasteiger charge is 2.25. The zero-order valence-corrected chi connectivity index (χ0v) is 19.6. The van der Waals surface area contributed by atoms with Gasteiger partial charge in [0.05, 0.1) is 10.4 Å². The summed E-state index contributed by atoms with van der Waals surface area (Å²) in [6, 6.07) is 6.15. The van der Waals surface area contributed by atoms with Crippen molar-refractivity contribution in [3.63, 3.8) is 0 Å². The molecule has 7 nitrogen and oxygen atoms in total. The van der Waals surface area contributed by atoms with Crippen LogP contribution in [0.4, 0.5) is 10.7 Å². The quantitative estimate of drug-likeness (QED) is 0.431. The fourth-order valence-electron chi connectivity index (χ4n) is 3.66. The summed E-state index contributed by atoms with van der Waals surface area (Å²) in [5, 5.41) is 14.4. The van der Waals surface area contributed by atoms with Crippen LogP contribution in [0.15, 0.2) is 18.2 Å². The lowest BCUT2D eigenvalue weighted by molar-refractivity contribution is -0.116. The van der Waals surface area contributed by atoms with Gasteiger partial charge in [-0.3, -0.25) is 9.59 Å². The summed E-state index contributed by atoms with van der Waals surface area (Å²) in [7, 11) is 0. The Labute approximate surface area is 189 Å². The molecular weight excluding hydrogens is 430 g/mol. The molecule has 0 unspecified atom stereocenters. The van der Waals surface area contributed by atoms with E-state index in [-0.39, 0.29) is 11.8 Å². The number of nitrogens with zero attached hydrogens (tertiary/aromatic N) is 1. The van der Waals surface area contributed by atoms with E-state index in [2.05, 4.69) is 35.1 Å². The Hall–Kier alpha value is -2.33. The maximum atomic E-state index is 12.6. The lowest BCUT2D eigenvalue weighted by Crippen LogP contribution is -2.27. The van der Waals surface area contributed by atoms with Gasteiger partial charge in [-0.25, -0.2) is 4.98 Å². The minimum atomic E-state index is -0.121. The maximum absolute atomic E-state index is 12.6. The molecule has 0 fully saturated rings. The molecule has 164 valence electrons. The predicted octanol–water partition coefficient (Wildman–Crippen LogP) is 3.96. The van der Waals surface area contributed by atoms with Gasteiger partial charge in [-0.2, -0.15) is 0 Å². The first-order valence-electron chi connectivity index (χ1n) is 10.5. The van der Waals surface area contributed by atoms with Crippen molar-refractivity contribution in [3.8, 4) is 10.6 Å². The van der Waals surface area contributed by atoms with E-state index in [1.165, 1.54) is 17.4 Å². The molecule has 0 saturated carbocycles. The number of carbonyl (C=O) groups excluding carboxylic acids is 2. The summed E-state index contributed by atoms with van der Waals surface area (Å²) in [5.74, 6) is -0.120. The van der Waals surface area contributed by atoms with Crippen LogP contribution < -0.4 is 21.3 Å². The number of fused-ring (bicyclic) bond motifs is 2. The average Bonchev–Trinajstić information content (AvgIpc) is 3.28. The molecule has 0 radical (unpaired) electrons. The highest BCUT2D eigenvalue weighted by Crippen LogP contribution is 2.45. The van der Waals surface area contributed by atoms with Gasteiger partial charge in [0, 0.05) is 42.9 Å². The van der Waals surface area contributed by atoms with Crippen molar-refractivity contribution in [3.05, 3.63) is 28.6 Å². The second-order valence-corrected chi connectivity index (χ2v) is 10.0. The van der Waals surface area contributed by atoms with Gasteiger partial charge in [0.2, 0.25) is 11.8 Å². The molecule has 2 aromatic heterocycles. The number of benzene rings is 1. The van der Waals surface area contributed by atoms with E-state index in [4.69, 9.17) is 4.98 Å². The van der Waals surface area contributed by atoms with Crippen molar-refractivity contribution in [2.45, 2.75) is 46.2 Å². The largest absolute Gasteiger partial charge is 0.324 e. The minimum Gasteiger partial charge on any atom is -0.324 e. The third-order valence-corrected chi connectivity index (χ3v) is 7.21. The molecule has 4 rings (SSSR count). The van der Waals surface area contributed by atoms with Crippen molar-refractivity contribution < 1.29 is 9.59 Å². The Kier molecular flexibility index (Phi) is 6.66. The van der Waals surface area contributed by atoms with Crippen LogP contribution in [-0.4, -0.2) is 35.9 Å². The van der Waals surface area contributed by atoms with Gasteiger partial charge in [0.15, 0.2) is 0 Å². The van der Waals surface area contributed by atoms with Crippen molar-refractivity contribution in [2.75, 3.05) is 23.7 Å². The third-order valence-electron chi connectivity index (χ3n) is 5.03. The molecule has 2 amide bonds. The molecule has 1 aliphatic rings. The summed E-state index contributed by atoms with van der Waals surface area (Å²) in [6.07, 6.45) is 1.32. The molecule has 0 spiro atoms. The number of thiophene rings is 1. The maximum Gasteiger partial charge on any atom is 0.226 e. The Morgan fingerprint density at radius 2 is 2.06 bits per heavy atom. The van der Waals surface area contributed by atoms with Crippen LogP contribution in [-0.2, 0) is 22.6 Å². The molecule has 9 heteroatoms. The van der Waals surface area contributed by atoms with Gasteiger partial charge >= 0.3 is 0 Å². The van der Waals surface area contributed by atoms with Crippen LogP contribution in [0.2, 0.25) is 0 Å². The smallest absolute Gasteiger partial charge is 0.226 e. The van der Waals surface area contributed by atoms with Crippen LogP contribution >= 0.6 is 22.7 Å². The van der Waals surface area contributed by atoms with Crippen molar-refractivity contribution >= 4 is 55.4 Å². The van der Waals surface area contributed by atoms with Crippen LogP contribution in [0.5, 0.6) is 0 Å². The molecule has 0 saturated heterocycles. The van der Waals surface area contributed by atoms with Crippen LogP contribution in [0, 0.1) is 0 Å². The lowest BCUT2D eigenvalue weighted by atomic mass is 10.0. The minimum absolute atomic E-state index is 0.000928. The van der Waals surface area contributed by atoms with Gasteiger partial charge in [-0.1, -0.05) is 19.9 Å². The zero-order chi connectivity index (χ0) is 22.0. The number of amides is 2. The fraction of sp³-hybridized carbons (Fsp3) is 0.409. The van der Waals surface area contributed by atoms with Gasteiger partial charge < -0.3 is 21.3 Å². The van der Waals surface area contributed by atoms with E-state index >= 15 is 0 Å². The van der Waals surface area contributed by atoms with Gasteiger partial charge in [0.1, 0.15) is 15.5 Å². The number of rotatable bonds is 7. The monoisotopic (exact) mass is 457 g/mol. The topological polar surface area (TPSA) is 95.2 Å². The van der Waals surface area contributed by atoms with E-state index in [1.54, 1.807) is 22.7 Å². The van der Waals surface area contributed by atoms with E-state index in [1.807, 2.05) is 18.2 Å². The molecule has 0 aliphatic carbocycles. The lowest BCUT2D eigenvalue weighted by Gasteiger charge is -2.13. The summed E-state index contributed by atoms with van der Waals surface area (Å²) in [5.41, 5.74) is 3.79. The molecule has 0 atom stereocenters. The summed E-state index contributed by atoms with van der Waals surface area (Å²) >= 11 is 3.22. The van der Waals surface area contributed by atoms with Gasteiger partial charge in [-0.05, 0) is 30.7 Å². The first-order valence-corrected chi connectivity index (χ1v) is 12.1. The zero-order valence-electron chi connectivity index (χ0n) is 17.9. The van der Waals surface area contributed by atoms with Crippen molar-refractivity contribution in [2.24, 2.45) is 0 Å². The number of hydrogen-bond donors (Lipinski definition) is 4. The van der Waals surface area contributed by atoms with Gasteiger partial charge in [0.25, 0.3) is 0 Å². The van der Waals surface area contributed by atoms with Crippen molar-refractivity contribution in [1.29, 1.82) is 0 Å². The molecular formula is C22H27N5O2S2. The molecule has 31 heavy (non-hydrogen) atoms. The number of anilines is 2. The summed E-state index contributed by atoms with van der Waals surface area (Å²) < 4.78 is 1.01. The van der Waals surface area contributed by atoms with Crippen molar-refractivity contribution in [1.82, 2.24) is 15.6 Å². The average molecular weight is 458 g/mol.